The largest absolute Gasteiger partial charge is 0.480 e. The van der Waals surface area contributed by atoms with Crippen LogP contribution in [0.25, 0.3) is 11.4 Å². The van der Waals surface area contributed by atoms with E-state index in [9.17, 15) is 4.79 Å². The molecule has 0 fully saturated rings. The normalized spacial score (nSPS) is 13.6. The van der Waals surface area contributed by atoms with Crippen molar-refractivity contribution < 1.29 is 14.3 Å². The van der Waals surface area contributed by atoms with Gasteiger partial charge in [-0.3, -0.25) is 4.79 Å². The van der Waals surface area contributed by atoms with Gasteiger partial charge in [0.05, 0.1) is 19.2 Å². The Kier molecular flexibility index (Phi) is 4.18. The fraction of sp³-hybridized carbons (Fsp3) is 0.158. The quantitative estimate of drug-likeness (QED) is 0.724. The molecular formula is C19H16N4O3. The summed E-state index contributed by atoms with van der Waals surface area (Å²) in [6, 6.07) is 13.1. The van der Waals surface area contributed by atoms with E-state index in [-0.39, 0.29) is 11.8 Å². The zero-order valence-electron chi connectivity index (χ0n) is 14.1. The van der Waals surface area contributed by atoms with Gasteiger partial charge in [-0.05, 0) is 24.3 Å². The van der Waals surface area contributed by atoms with Crippen LogP contribution < -0.4 is 14.4 Å². The number of hydrogen-bond acceptors (Lipinski definition) is 6. The van der Waals surface area contributed by atoms with E-state index in [1.54, 1.807) is 17.2 Å². The minimum absolute atomic E-state index is 0.187. The number of ether oxygens (including phenoxy) is 2. The highest BCUT2D eigenvalue weighted by atomic mass is 16.5. The van der Waals surface area contributed by atoms with Gasteiger partial charge in [0.15, 0.2) is 5.82 Å². The minimum Gasteiger partial charge on any atom is -0.480 e. The molecule has 26 heavy (non-hydrogen) atoms. The molecule has 0 saturated carbocycles. The number of methoxy groups -OCH3 is 1. The molecule has 3 heterocycles. The van der Waals surface area contributed by atoms with Crippen LogP contribution in [0.5, 0.6) is 11.8 Å². The first kappa shape index (κ1) is 16.0. The third kappa shape index (κ3) is 2.83. The maximum atomic E-state index is 12.9. The Labute approximate surface area is 150 Å². The van der Waals surface area contributed by atoms with Crippen LogP contribution in [0.4, 0.5) is 5.69 Å². The molecule has 1 aliphatic rings. The van der Waals surface area contributed by atoms with Gasteiger partial charge in [0, 0.05) is 18.1 Å². The van der Waals surface area contributed by atoms with Crippen molar-refractivity contribution in [2.45, 2.75) is 0 Å². The number of benzene rings is 1. The number of pyridine rings is 1. The number of aromatic nitrogens is 3. The molecule has 4 rings (SSSR count). The highest BCUT2D eigenvalue weighted by Crippen LogP contribution is 2.29. The molecule has 1 aromatic carbocycles. The molecule has 0 bridgehead atoms. The Bertz CT molecular complexity index is 947. The van der Waals surface area contributed by atoms with Crippen LogP contribution >= 0.6 is 0 Å². The summed E-state index contributed by atoms with van der Waals surface area (Å²) in [5, 5.41) is 0. The van der Waals surface area contributed by atoms with E-state index in [2.05, 4.69) is 15.0 Å². The number of carbonyl (C=O) groups excluding carboxylic acids is 1. The fourth-order valence-corrected chi connectivity index (χ4v) is 2.81. The molecule has 0 aliphatic carbocycles. The lowest BCUT2D eigenvalue weighted by molar-refractivity contribution is 0.0989. The zero-order chi connectivity index (χ0) is 17.9. The molecule has 0 N–H and O–H groups in total. The van der Waals surface area contributed by atoms with Crippen LogP contribution in [0.15, 0.2) is 54.9 Å². The van der Waals surface area contributed by atoms with Crippen molar-refractivity contribution >= 4 is 11.6 Å². The average Bonchev–Trinajstić information content (AvgIpc) is 2.87. The second-order valence-corrected chi connectivity index (χ2v) is 5.61. The monoisotopic (exact) mass is 348 g/mol. The third-order valence-electron chi connectivity index (χ3n) is 4.06. The van der Waals surface area contributed by atoms with Crippen molar-refractivity contribution in [1.29, 1.82) is 0 Å². The molecule has 1 aliphatic heterocycles. The molecule has 0 saturated heterocycles. The lowest BCUT2D eigenvalue weighted by atomic mass is 10.2. The Balaban J connectivity index is 1.73. The summed E-state index contributed by atoms with van der Waals surface area (Å²) in [6.45, 7) is 0.777. The van der Waals surface area contributed by atoms with Gasteiger partial charge in [-0.25, -0.2) is 9.97 Å². The first-order valence-corrected chi connectivity index (χ1v) is 8.14. The van der Waals surface area contributed by atoms with Crippen LogP contribution in [-0.2, 0) is 0 Å². The molecule has 7 heteroatoms. The molecule has 0 unspecified atom stereocenters. The van der Waals surface area contributed by atoms with Gasteiger partial charge in [0.2, 0.25) is 11.8 Å². The summed E-state index contributed by atoms with van der Waals surface area (Å²) in [7, 11) is 1.53. The Morgan fingerprint density at radius 1 is 1.08 bits per heavy atom. The maximum absolute atomic E-state index is 12.9. The van der Waals surface area contributed by atoms with Gasteiger partial charge >= 0.3 is 0 Å². The minimum atomic E-state index is -0.187. The number of nitrogens with zero attached hydrogens (tertiary/aromatic N) is 4. The molecule has 3 aromatic rings. The lowest BCUT2D eigenvalue weighted by Gasteiger charge is -2.19. The van der Waals surface area contributed by atoms with Crippen molar-refractivity contribution in [2.24, 2.45) is 0 Å². The molecule has 0 atom stereocenters. The van der Waals surface area contributed by atoms with E-state index < -0.39 is 0 Å². The van der Waals surface area contributed by atoms with E-state index in [4.69, 9.17) is 9.47 Å². The standard InChI is InChI=1S/C19H16N4O3/c1-25-17-14(8-5-9-20-17)16-21-12-15-18(22-16)26-11-10-23(19(15)24)13-6-3-2-4-7-13/h2-9,12H,10-11H2,1H3. The van der Waals surface area contributed by atoms with Gasteiger partial charge in [0.25, 0.3) is 5.91 Å². The summed E-state index contributed by atoms with van der Waals surface area (Å²) in [6.07, 6.45) is 3.12. The van der Waals surface area contributed by atoms with Gasteiger partial charge in [-0.2, -0.15) is 4.98 Å². The maximum Gasteiger partial charge on any atom is 0.265 e. The first-order chi connectivity index (χ1) is 12.8. The molecule has 1 amide bonds. The Morgan fingerprint density at radius 2 is 1.92 bits per heavy atom. The van der Waals surface area contributed by atoms with Gasteiger partial charge < -0.3 is 14.4 Å². The number of hydrogen-bond donors (Lipinski definition) is 0. The molecule has 130 valence electrons. The second kappa shape index (κ2) is 6.79. The van der Waals surface area contributed by atoms with Crippen molar-refractivity contribution in [3.05, 3.63) is 60.4 Å². The van der Waals surface area contributed by atoms with E-state index in [1.807, 2.05) is 36.4 Å². The molecule has 2 aromatic heterocycles. The number of rotatable bonds is 3. The van der Waals surface area contributed by atoms with E-state index in [0.29, 0.717) is 36.0 Å². The van der Waals surface area contributed by atoms with Crippen LogP contribution in [0, 0.1) is 0 Å². The average molecular weight is 348 g/mol. The van der Waals surface area contributed by atoms with Crippen LogP contribution in [-0.4, -0.2) is 41.1 Å². The summed E-state index contributed by atoms with van der Waals surface area (Å²) in [4.78, 5) is 27.5. The predicted octanol–water partition coefficient (Wildman–Crippen LogP) is 2.59. The first-order valence-electron chi connectivity index (χ1n) is 8.14. The molecule has 7 nitrogen and oxygen atoms in total. The Morgan fingerprint density at radius 3 is 2.73 bits per heavy atom. The molecular weight excluding hydrogens is 332 g/mol. The van der Waals surface area contributed by atoms with Crippen LogP contribution in [0.1, 0.15) is 10.4 Å². The molecule has 0 radical (unpaired) electrons. The van der Waals surface area contributed by atoms with Crippen molar-refractivity contribution in [1.82, 2.24) is 15.0 Å². The molecule has 0 spiro atoms. The van der Waals surface area contributed by atoms with E-state index >= 15 is 0 Å². The summed E-state index contributed by atoms with van der Waals surface area (Å²) >= 11 is 0. The van der Waals surface area contributed by atoms with Gasteiger partial charge in [-0.1, -0.05) is 18.2 Å². The number of fused-ring (bicyclic) bond motifs is 1. The topological polar surface area (TPSA) is 77.4 Å². The highest BCUT2D eigenvalue weighted by Gasteiger charge is 2.27. The number of carbonyl (C=O) groups is 1. The number of anilines is 1. The summed E-state index contributed by atoms with van der Waals surface area (Å²) in [5.41, 5.74) is 1.78. The van der Waals surface area contributed by atoms with Crippen molar-refractivity contribution in [3.8, 4) is 23.1 Å². The fourth-order valence-electron chi connectivity index (χ4n) is 2.81. The van der Waals surface area contributed by atoms with E-state index in [0.717, 1.165) is 5.69 Å². The summed E-state index contributed by atoms with van der Waals surface area (Å²) in [5.74, 6) is 0.894. The van der Waals surface area contributed by atoms with E-state index in [1.165, 1.54) is 13.3 Å². The second-order valence-electron chi connectivity index (χ2n) is 5.61. The van der Waals surface area contributed by atoms with Crippen molar-refractivity contribution in [3.63, 3.8) is 0 Å². The Hall–Kier alpha value is -3.48. The number of amides is 1. The van der Waals surface area contributed by atoms with Crippen LogP contribution in [0.2, 0.25) is 0 Å². The highest BCUT2D eigenvalue weighted by molar-refractivity contribution is 6.07. The third-order valence-corrected chi connectivity index (χ3v) is 4.06. The summed E-state index contributed by atoms with van der Waals surface area (Å²) < 4.78 is 11.0. The van der Waals surface area contributed by atoms with Crippen molar-refractivity contribution in [2.75, 3.05) is 25.2 Å². The SMILES string of the molecule is COc1ncccc1-c1ncc2c(n1)OCCN(c1ccccc1)C2=O. The van der Waals surface area contributed by atoms with Gasteiger partial charge in [0.1, 0.15) is 12.2 Å². The van der Waals surface area contributed by atoms with Gasteiger partial charge in [-0.15, -0.1) is 0 Å². The predicted molar refractivity (Wildman–Crippen MR) is 95.4 cm³/mol. The smallest absolute Gasteiger partial charge is 0.265 e. The number of para-hydroxylation sites is 1. The zero-order valence-corrected chi connectivity index (χ0v) is 14.1. The van der Waals surface area contributed by atoms with Crippen LogP contribution in [0.3, 0.4) is 0 Å². The lowest BCUT2D eigenvalue weighted by Crippen LogP contribution is -2.32.